The van der Waals surface area contributed by atoms with Crippen molar-refractivity contribution < 1.29 is 14.3 Å². The van der Waals surface area contributed by atoms with Crippen LogP contribution in [-0.2, 0) is 20.7 Å². The molecule has 1 aromatic carbocycles. The third-order valence-electron chi connectivity index (χ3n) is 5.06. The van der Waals surface area contributed by atoms with Gasteiger partial charge in [0.25, 0.3) is 0 Å². The van der Waals surface area contributed by atoms with Crippen molar-refractivity contribution in [3.63, 3.8) is 0 Å². The first-order valence-electron chi connectivity index (χ1n) is 8.48. The molecule has 3 nitrogen and oxygen atoms in total. The quantitative estimate of drug-likeness (QED) is 0.832. The minimum atomic E-state index is -0.0217. The van der Waals surface area contributed by atoms with Crippen molar-refractivity contribution in [1.29, 1.82) is 0 Å². The van der Waals surface area contributed by atoms with Gasteiger partial charge in [0.15, 0.2) is 11.6 Å². The van der Waals surface area contributed by atoms with Crippen molar-refractivity contribution in [1.82, 2.24) is 0 Å². The van der Waals surface area contributed by atoms with Gasteiger partial charge in [0, 0.05) is 42.7 Å². The molecule has 2 aliphatic carbocycles. The molecule has 23 heavy (non-hydrogen) atoms. The van der Waals surface area contributed by atoms with Crippen LogP contribution < -0.4 is 0 Å². The highest BCUT2D eigenvalue weighted by Crippen LogP contribution is 2.44. The van der Waals surface area contributed by atoms with Crippen LogP contribution in [0.15, 0.2) is 53.0 Å². The maximum Gasteiger partial charge on any atom is 0.162 e. The summed E-state index contributed by atoms with van der Waals surface area (Å²) in [7, 11) is 0. The zero-order valence-corrected chi connectivity index (χ0v) is 13.1. The standard InChI is InChI=1S/C20H20O3/c21-15-10-5-11-17-19(15)14-8-4-9-16(22)20(14)18(23-17)12-13-6-2-1-3-7-13/h1-3,6-7,14H,4-5,8-12H2. The van der Waals surface area contributed by atoms with E-state index in [2.05, 4.69) is 12.1 Å². The number of carbonyl (C=O) groups is 2. The Labute approximate surface area is 136 Å². The molecule has 4 rings (SSSR count). The predicted octanol–water partition coefficient (Wildman–Crippen LogP) is 3.89. The van der Waals surface area contributed by atoms with Gasteiger partial charge in [0.05, 0.1) is 0 Å². The van der Waals surface area contributed by atoms with E-state index in [1.54, 1.807) is 0 Å². The molecule has 0 amide bonds. The lowest BCUT2D eigenvalue weighted by atomic mass is 9.72. The molecule has 0 bridgehead atoms. The zero-order valence-electron chi connectivity index (χ0n) is 13.1. The molecule has 0 N–H and O–H groups in total. The lowest BCUT2D eigenvalue weighted by Crippen LogP contribution is -2.32. The summed E-state index contributed by atoms with van der Waals surface area (Å²) in [5.74, 6) is 1.93. The van der Waals surface area contributed by atoms with Crippen molar-refractivity contribution >= 4 is 11.6 Å². The van der Waals surface area contributed by atoms with Crippen LogP contribution >= 0.6 is 0 Å². The van der Waals surface area contributed by atoms with Gasteiger partial charge in [-0.05, 0) is 24.8 Å². The topological polar surface area (TPSA) is 43.4 Å². The summed E-state index contributed by atoms with van der Waals surface area (Å²) in [5, 5.41) is 0. The number of rotatable bonds is 2. The van der Waals surface area contributed by atoms with Crippen LogP contribution in [0.25, 0.3) is 0 Å². The van der Waals surface area contributed by atoms with E-state index >= 15 is 0 Å². The molecule has 1 aromatic rings. The minimum Gasteiger partial charge on any atom is -0.465 e. The molecule has 0 aromatic heterocycles. The third-order valence-corrected chi connectivity index (χ3v) is 5.06. The first kappa shape index (κ1) is 14.4. The Bertz CT molecular complexity index is 725. The van der Waals surface area contributed by atoms with E-state index in [4.69, 9.17) is 4.74 Å². The second-order valence-corrected chi connectivity index (χ2v) is 6.58. The number of fused-ring (bicyclic) bond motifs is 2. The highest BCUT2D eigenvalue weighted by molar-refractivity contribution is 6.04. The van der Waals surface area contributed by atoms with Crippen LogP contribution in [0, 0.1) is 5.92 Å². The molecule has 1 aliphatic heterocycles. The summed E-state index contributed by atoms with van der Waals surface area (Å²) in [5.41, 5.74) is 2.71. The van der Waals surface area contributed by atoms with Crippen LogP contribution in [-0.4, -0.2) is 11.6 Å². The maximum atomic E-state index is 12.5. The van der Waals surface area contributed by atoms with Crippen LogP contribution in [0.2, 0.25) is 0 Å². The molecule has 3 heteroatoms. The smallest absolute Gasteiger partial charge is 0.162 e. The SMILES string of the molecule is O=C1CCCC2=C1C1CCCC(=O)C1=C(Cc1ccccc1)O2. The molecule has 1 heterocycles. The molecule has 1 unspecified atom stereocenters. The van der Waals surface area contributed by atoms with Gasteiger partial charge in [-0.1, -0.05) is 30.3 Å². The highest BCUT2D eigenvalue weighted by Gasteiger charge is 2.41. The molecule has 1 atom stereocenters. The first-order chi connectivity index (χ1) is 11.2. The number of ketones is 2. The van der Waals surface area contributed by atoms with Crippen LogP contribution in [0.5, 0.6) is 0 Å². The van der Waals surface area contributed by atoms with Crippen LogP contribution in [0.3, 0.4) is 0 Å². The van der Waals surface area contributed by atoms with Crippen molar-refractivity contribution in [2.45, 2.75) is 44.9 Å². The van der Waals surface area contributed by atoms with E-state index in [0.717, 1.165) is 53.9 Å². The van der Waals surface area contributed by atoms with E-state index < -0.39 is 0 Å². The van der Waals surface area contributed by atoms with Crippen molar-refractivity contribution in [3.05, 3.63) is 58.6 Å². The molecule has 118 valence electrons. The summed E-state index contributed by atoms with van der Waals surface area (Å²) in [6.07, 6.45) is 5.23. The van der Waals surface area contributed by atoms with Crippen LogP contribution in [0.4, 0.5) is 0 Å². The van der Waals surface area contributed by atoms with Crippen molar-refractivity contribution in [3.8, 4) is 0 Å². The molecular formula is C20H20O3. The fourth-order valence-corrected chi connectivity index (χ4v) is 4.02. The Balaban J connectivity index is 1.75. The van der Waals surface area contributed by atoms with Gasteiger partial charge in [-0.15, -0.1) is 0 Å². The molecule has 1 fully saturated rings. The van der Waals surface area contributed by atoms with Gasteiger partial charge in [0.1, 0.15) is 11.5 Å². The Morgan fingerprint density at radius 1 is 0.913 bits per heavy atom. The number of hydrogen-bond acceptors (Lipinski definition) is 3. The van der Waals surface area contributed by atoms with Gasteiger partial charge in [-0.25, -0.2) is 0 Å². The number of Topliss-reactive ketones (excluding diaryl/α,β-unsaturated/α-hetero) is 2. The Kier molecular flexibility index (Phi) is 3.64. The monoisotopic (exact) mass is 308 g/mol. The average molecular weight is 308 g/mol. The largest absolute Gasteiger partial charge is 0.465 e. The van der Waals surface area contributed by atoms with E-state index in [0.29, 0.717) is 19.3 Å². The second kappa shape index (κ2) is 5.80. The Morgan fingerprint density at radius 2 is 1.65 bits per heavy atom. The number of benzene rings is 1. The van der Waals surface area contributed by atoms with Crippen molar-refractivity contribution in [2.75, 3.05) is 0 Å². The minimum absolute atomic E-state index is 0.0217. The fourth-order valence-electron chi connectivity index (χ4n) is 4.02. The normalized spacial score (nSPS) is 24.3. The summed E-state index contributed by atoms with van der Waals surface area (Å²) in [6.45, 7) is 0. The summed E-state index contributed by atoms with van der Waals surface area (Å²) >= 11 is 0. The lowest BCUT2D eigenvalue weighted by molar-refractivity contribution is -0.118. The maximum absolute atomic E-state index is 12.5. The van der Waals surface area contributed by atoms with E-state index in [-0.39, 0.29) is 17.5 Å². The Hall–Kier alpha value is -2.16. The van der Waals surface area contributed by atoms with Crippen LogP contribution in [0.1, 0.15) is 44.1 Å². The number of hydrogen-bond donors (Lipinski definition) is 0. The number of ether oxygens (including phenoxy) is 1. The molecular weight excluding hydrogens is 288 g/mol. The molecule has 1 saturated carbocycles. The summed E-state index contributed by atoms with van der Waals surface area (Å²) in [6, 6.07) is 10.1. The molecule has 0 saturated heterocycles. The van der Waals surface area contributed by atoms with Gasteiger partial charge in [-0.3, -0.25) is 9.59 Å². The third kappa shape index (κ3) is 2.54. The highest BCUT2D eigenvalue weighted by atomic mass is 16.5. The zero-order chi connectivity index (χ0) is 15.8. The molecule has 0 radical (unpaired) electrons. The first-order valence-corrected chi connectivity index (χ1v) is 8.48. The summed E-state index contributed by atoms with van der Waals surface area (Å²) in [4.78, 5) is 24.9. The average Bonchev–Trinajstić information content (AvgIpc) is 2.56. The van der Waals surface area contributed by atoms with Gasteiger partial charge >= 0.3 is 0 Å². The van der Waals surface area contributed by atoms with Gasteiger partial charge in [0.2, 0.25) is 0 Å². The number of allylic oxidation sites excluding steroid dienone is 4. The predicted molar refractivity (Wildman–Crippen MR) is 86.5 cm³/mol. The van der Waals surface area contributed by atoms with Gasteiger partial charge < -0.3 is 4.74 Å². The van der Waals surface area contributed by atoms with E-state index in [1.165, 1.54) is 0 Å². The fraction of sp³-hybridized carbons (Fsp3) is 0.400. The van der Waals surface area contributed by atoms with E-state index in [9.17, 15) is 9.59 Å². The van der Waals surface area contributed by atoms with Gasteiger partial charge in [-0.2, -0.15) is 0 Å². The number of carbonyl (C=O) groups excluding carboxylic acids is 2. The van der Waals surface area contributed by atoms with Crippen molar-refractivity contribution in [2.24, 2.45) is 5.92 Å². The summed E-state index contributed by atoms with van der Waals surface area (Å²) < 4.78 is 6.12. The molecule has 3 aliphatic rings. The molecule has 0 spiro atoms. The van der Waals surface area contributed by atoms with E-state index in [1.807, 2.05) is 18.2 Å². The Morgan fingerprint density at radius 3 is 2.48 bits per heavy atom. The second-order valence-electron chi connectivity index (χ2n) is 6.58. The lowest BCUT2D eigenvalue weighted by Gasteiger charge is -2.36.